The number of carbonyl (C=O) groups is 2. The molecular weight excluding hydrogens is 406 g/mol. The van der Waals surface area contributed by atoms with Crippen LogP contribution in [0.4, 0.5) is 5.69 Å². The summed E-state index contributed by atoms with van der Waals surface area (Å²) in [5.41, 5.74) is 1.05. The number of nitrogens with one attached hydrogen (secondary N) is 2. The third kappa shape index (κ3) is 5.34. The molecule has 1 aromatic carbocycles. The van der Waals surface area contributed by atoms with Crippen LogP contribution in [-0.4, -0.2) is 39.0 Å². The average molecular weight is 438 g/mol. The van der Waals surface area contributed by atoms with Gasteiger partial charge in [0.05, 0.1) is 17.6 Å². The highest BCUT2D eigenvalue weighted by Crippen LogP contribution is 2.26. The molecule has 0 radical (unpaired) electrons. The van der Waals surface area contributed by atoms with Gasteiger partial charge in [0.15, 0.2) is 5.78 Å². The van der Waals surface area contributed by atoms with Crippen molar-refractivity contribution in [3.8, 4) is 5.75 Å². The number of ketones is 1. The number of hydrogen-bond acceptors (Lipinski definition) is 5. The zero-order valence-electron chi connectivity index (χ0n) is 19.3. The standard InChI is InChI=1S/C25H31N3O4/c1-6-25(5,10-11-29)32-19-9-7-8-16(13-19)23(31)27-18-12-17-14-20(21(30)24(2,3)4)28-22(17)26-15-18/h7-9,12-15,29H,6,10-11H2,1-5H3,(H,26,28)(H,27,31). The fourth-order valence-electron chi connectivity index (χ4n) is 3.34. The molecule has 0 aliphatic carbocycles. The van der Waals surface area contributed by atoms with Gasteiger partial charge < -0.3 is 20.1 Å². The van der Waals surface area contributed by atoms with Crippen molar-refractivity contribution in [1.29, 1.82) is 0 Å². The predicted octanol–water partition coefficient (Wildman–Crippen LogP) is 4.97. The van der Waals surface area contributed by atoms with Gasteiger partial charge in [0.25, 0.3) is 5.91 Å². The SMILES string of the molecule is CCC(C)(CCO)Oc1cccc(C(=O)Nc2cnc3[nH]c(C(=O)C(C)(C)C)cc3c2)c1. The van der Waals surface area contributed by atoms with Gasteiger partial charge in [-0.2, -0.15) is 0 Å². The van der Waals surface area contributed by atoms with Crippen molar-refractivity contribution in [1.82, 2.24) is 9.97 Å². The summed E-state index contributed by atoms with van der Waals surface area (Å²) in [4.78, 5) is 32.7. The van der Waals surface area contributed by atoms with Gasteiger partial charge >= 0.3 is 0 Å². The van der Waals surface area contributed by atoms with Crippen LogP contribution in [0.25, 0.3) is 11.0 Å². The molecule has 3 N–H and O–H groups in total. The van der Waals surface area contributed by atoms with Crippen LogP contribution in [0.15, 0.2) is 42.6 Å². The molecule has 1 atom stereocenters. The van der Waals surface area contributed by atoms with E-state index in [4.69, 9.17) is 4.74 Å². The van der Waals surface area contributed by atoms with Crippen LogP contribution in [0.1, 0.15) is 68.3 Å². The highest BCUT2D eigenvalue weighted by Gasteiger charge is 2.25. The molecule has 0 spiro atoms. The first-order valence-electron chi connectivity index (χ1n) is 10.8. The van der Waals surface area contributed by atoms with Crippen LogP contribution in [-0.2, 0) is 0 Å². The third-order valence-corrected chi connectivity index (χ3v) is 5.50. The number of Topliss-reactive ketones (excluding diaryl/α,β-unsaturated/α-hetero) is 1. The summed E-state index contributed by atoms with van der Waals surface area (Å²) in [7, 11) is 0. The minimum Gasteiger partial charge on any atom is -0.487 e. The molecule has 2 heterocycles. The highest BCUT2D eigenvalue weighted by molar-refractivity contribution is 6.06. The Kier molecular flexibility index (Phi) is 6.69. The molecule has 0 saturated carbocycles. The number of carbonyl (C=O) groups excluding carboxylic acids is 2. The van der Waals surface area contributed by atoms with Gasteiger partial charge in [-0.05, 0) is 43.7 Å². The number of H-pyrrole nitrogens is 1. The molecule has 3 aromatic rings. The van der Waals surface area contributed by atoms with Crippen LogP contribution in [0.5, 0.6) is 5.75 Å². The van der Waals surface area contributed by atoms with Crippen molar-refractivity contribution in [3.63, 3.8) is 0 Å². The molecule has 1 amide bonds. The maximum Gasteiger partial charge on any atom is 0.255 e. The molecule has 170 valence electrons. The van der Waals surface area contributed by atoms with Gasteiger partial charge in [-0.15, -0.1) is 0 Å². The molecule has 7 nitrogen and oxygen atoms in total. The Balaban J connectivity index is 1.77. The first-order chi connectivity index (χ1) is 15.0. The van der Waals surface area contributed by atoms with E-state index in [-0.39, 0.29) is 18.3 Å². The Morgan fingerprint density at radius 3 is 2.56 bits per heavy atom. The number of aromatic amines is 1. The van der Waals surface area contributed by atoms with E-state index in [0.717, 1.165) is 11.8 Å². The van der Waals surface area contributed by atoms with Crippen molar-refractivity contribution in [2.24, 2.45) is 5.41 Å². The monoisotopic (exact) mass is 437 g/mol. The number of benzene rings is 1. The first kappa shape index (κ1) is 23.5. The summed E-state index contributed by atoms with van der Waals surface area (Å²) >= 11 is 0. The predicted molar refractivity (Wildman–Crippen MR) is 125 cm³/mol. The number of aromatic nitrogens is 2. The number of ether oxygens (including phenoxy) is 1. The molecule has 0 fully saturated rings. The van der Waals surface area contributed by atoms with E-state index in [1.54, 1.807) is 42.6 Å². The summed E-state index contributed by atoms with van der Waals surface area (Å²) < 4.78 is 6.05. The zero-order valence-corrected chi connectivity index (χ0v) is 19.3. The number of fused-ring (bicyclic) bond motifs is 1. The molecule has 0 aliphatic heterocycles. The Morgan fingerprint density at radius 2 is 1.91 bits per heavy atom. The van der Waals surface area contributed by atoms with Crippen LogP contribution in [0.2, 0.25) is 0 Å². The largest absolute Gasteiger partial charge is 0.487 e. The zero-order chi connectivity index (χ0) is 23.5. The summed E-state index contributed by atoms with van der Waals surface area (Å²) in [5.74, 6) is 0.275. The van der Waals surface area contributed by atoms with Gasteiger partial charge in [-0.1, -0.05) is 33.8 Å². The van der Waals surface area contributed by atoms with E-state index in [9.17, 15) is 14.7 Å². The normalized spacial score (nSPS) is 13.6. The second-order valence-electron chi connectivity index (χ2n) is 9.29. The number of aliphatic hydroxyl groups is 1. The highest BCUT2D eigenvalue weighted by atomic mass is 16.5. The van der Waals surface area contributed by atoms with Gasteiger partial charge in [0.2, 0.25) is 0 Å². The van der Waals surface area contributed by atoms with Gasteiger partial charge in [0, 0.05) is 29.4 Å². The maximum absolute atomic E-state index is 12.8. The average Bonchev–Trinajstić information content (AvgIpc) is 3.16. The summed E-state index contributed by atoms with van der Waals surface area (Å²) in [6.07, 6.45) is 2.78. The lowest BCUT2D eigenvalue weighted by Crippen LogP contribution is -2.32. The van der Waals surface area contributed by atoms with E-state index < -0.39 is 11.0 Å². The third-order valence-electron chi connectivity index (χ3n) is 5.50. The lowest BCUT2D eigenvalue weighted by molar-refractivity contribution is 0.0549. The fraction of sp³-hybridized carbons (Fsp3) is 0.400. The van der Waals surface area contributed by atoms with Gasteiger partial charge in [-0.3, -0.25) is 9.59 Å². The molecule has 0 bridgehead atoms. The van der Waals surface area contributed by atoms with Crippen molar-refractivity contribution in [2.75, 3.05) is 11.9 Å². The van der Waals surface area contributed by atoms with Crippen LogP contribution in [0, 0.1) is 5.41 Å². The van der Waals surface area contributed by atoms with Crippen LogP contribution < -0.4 is 10.1 Å². The number of aliphatic hydroxyl groups excluding tert-OH is 1. The lowest BCUT2D eigenvalue weighted by atomic mass is 9.89. The van der Waals surface area contributed by atoms with Gasteiger partial charge in [-0.25, -0.2) is 4.98 Å². The van der Waals surface area contributed by atoms with Crippen molar-refractivity contribution < 1.29 is 19.4 Å². The Hall–Kier alpha value is -3.19. The van der Waals surface area contributed by atoms with Crippen molar-refractivity contribution >= 4 is 28.4 Å². The van der Waals surface area contributed by atoms with E-state index in [1.807, 2.05) is 34.6 Å². The molecule has 1 unspecified atom stereocenters. The number of anilines is 1. The smallest absolute Gasteiger partial charge is 0.255 e. The Bertz CT molecular complexity index is 1130. The summed E-state index contributed by atoms with van der Waals surface area (Å²) in [6, 6.07) is 10.5. The summed E-state index contributed by atoms with van der Waals surface area (Å²) in [5, 5.41) is 12.9. The quantitative estimate of drug-likeness (QED) is 0.432. The Morgan fingerprint density at radius 1 is 1.16 bits per heavy atom. The van der Waals surface area contributed by atoms with E-state index in [1.165, 1.54) is 0 Å². The number of pyridine rings is 1. The lowest BCUT2D eigenvalue weighted by Gasteiger charge is -2.29. The first-order valence-corrected chi connectivity index (χ1v) is 10.8. The molecule has 0 aliphatic rings. The molecule has 2 aromatic heterocycles. The molecular formula is C25H31N3O4. The van der Waals surface area contributed by atoms with E-state index in [0.29, 0.717) is 34.8 Å². The molecule has 32 heavy (non-hydrogen) atoms. The van der Waals surface area contributed by atoms with Crippen molar-refractivity contribution in [3.05, 3.63) is 53.9 Å². The number of amides is 1. The molecule has 7 heteroatoms. The van der Waals surface area contributed by atoms with Gasteiger partial charge in [0.1, 0.15) is 17.0 Å². The van der Waals surface area contributed by atoms with Crippen molar-refractivity contribution in [2.45, 2.75) is 53.1 Å². The molecule has 0 saturated heterocycles. The number of nitrogens with zero attached hydrogens (tertiary/aromatic N) is 1. The second-order valence-corrected chi connectivity index (χ2v) is 9.29. The topological polar surface area (TPSA) is 104 Å². The van der Waals surface area contributed by atoms with E-state index in [2.05, 4.69) is 15.3 Å². The van der Waals surface area contributed by atoms with Crippen LogP contribution in [0.3, 0.4) is 0 Å². The minimum absolute atomic E-state index is 0.00169. The maximum atomic E-state index is 12.8. The fourth-order valence-corrected chi connectivity index (χ4v) is 3.34. The number of rotatable bonds is 8. The second kappa shape index (κ2) is 9.12. The number of hydrogen-bond donors (Lipinski definition) is 3. The van der Waals surface area contributed by atoms with Crippen LogP contribution >= 0.6 is 0 Å². The minimum atomic E-state index is -0.505. The molecule has 3 rings (SSSR count). The Labute approximate surface area is 188 Å². The van der Waals surface area contributed by atoms with E-state index >= 15 is 0 Å². The summed E-state index contributed by atoms with van der Waals surface area (Å²) in [6.45, 7) is 9.56.